The lowest BCUT2D eigenvalue weighted by atomic mass is 10.0. The minimum absolute atomic E-state index is 0.255. The van der Waals surface area contributed by atoms with Crippen LogP contribution in [-0.4, -0.2) is 36.9 Å². The average Bonchev–Trinajstić information content (AvgIpc) is 2.37. The maximum absolute atomic E-state index is 9.08. The summed E-state index contributed by atoms with van der Waals surface area (Å²) in [7, 11) is 1.67. The van der Waals surface area contributed by atoms with Crippen LogP contribution < -0.4 is 9.64 Å². The van der Waals surface area contributed by atoms with E-state index in [0.717, 1.165) is 35.4 Å². The minimum atomic E-state index is 0.255. The largest absolute Gasteiger partial charge is 0.497 e. The summed E-state index contributed by atoms with van der Waals surface area (Å²) in [5.74, 6) is 2.21. The number of methoxy groups -OCH3 is 1. The van der Waals surface area contributed by atoms with Crippen molar-refractivity contribution in [2.24, 2.45) is 5.92 Å². The van der Waals surface area contributed by atoms with Gasteiger partial charge in [0.05, 0.1) is 7.11 Å². The van der Waals surface area contributed by atoms with Crippen LogP contribution in [-0.2, 0) is 0 Å². The van der Waals surface area contributed by atoms with Gasteiger partial charge < -0.3 is 14.7 Å². The monoisotopic (exact) mass is 244 g/mol. The lowest BCUT2D eigenvalue weighted by molar-refractivity contribution is 0.200. The Kier molecular flexibility index (Phi) is 2.80. The Hall–Kier alpha value is -1.81. The van der Waals surface area contributed by atoms with Gasteiger partial charge in [-0.05, 0) is 23.6 Å². The maximum atomic E-state index is 9.08. The zero-order valence-corrected chi connectivity index (χ0v) is 10.3. The van der Waals surface area contributed by atoms with E-state index in [4.69, 9.17) is 9.84 Å². The van der Waals surface area contributed by atoms with Gasteiger partial charge in [-0.3, -0.25) is 0 Å². The van der Waals surface area contributed by atoms with Gasteiger partial charge >= 0.3 is 0 Å². The molecule has 0 aliphatic carbocycles. The Morgan fingerprint density at radius 3 is 2.94 bits per heavy atom. The number of aliphatic hydroxyl groups is 1. The van der Waals surface area contributed by atoms with Gasteiger partial charge in [0.2, 0.25) is 0 Å². The van der Waals surface area contributed by atoms with Gasteiger partial charge in [0.15, 0.2) is 0 Å². The summed E-state index contributed by atoms with van der Waals surface area (Å²) in [5, 5.41) is 11.3. The summed E-state index contributed by atoms with van der Waals surface area (Å²) in [6, 6.07) is 8.02. The Labute approximate surface area is 106 Å². The molecular weight excluding hydrogens is 228 g/mol. The highest BCUT2D eigenvalue weighted by molar-refractivity contribution is 5.93. The van der Waals surface area contributed by atoms with Crippen LogP contribution in [0.4, 0.5) is 5.82 Å². The van der Waals surface area contributed by atoms with E-state index in [1.807, 2.05) is 30.5 Å². The SMILES string of the molecule is COc1ccc2ccnc(N3CC(CO)C3)c2c1. The Bertz CT molecular complexity index is 565. The molecule has 1 N–H and O–H groups in total. The summed E-state index contributed by atoms with van der Waals surface area (Å²) in [6.07, 6.45) is 1.83. The first-order chi connectivity index (χ1) is 8.81. The van der Waals surface area contributed by atoms with E-state index < -0.39 is 0 Å². The number of pyridine rings is 1. The fourth-order valence-electron chi connectivity index (χ4n) is 2.37. The Morgan fingerprint density at radius 2 is 2.22 bits per heavy atom. The van der Waals surface area contributed by atoms with Gasteiger partial charge in [0.1, 0.15) is 11.6 Å². The molecule has 4 heteroatoms. The molecule has 1 saturated heterocycles. The van der Waals surface area contributed by atoms with Crippen molar-refractivity contribution < 1.29 is 9.84 Å². The van der Waals surface area contributed by atoms with E-state index in [-0.39, 0.29) is 6.61 Å². The highest BCUT2D eigenvalue weighted by Gasteiger charge is 2.28. The molecule has 1 aliphatic rings. The Morgan fingerprint density at radius 1 is 1.39 bits per heavy atom. The van der Waals surface area contributed by atoms with Crippen molar-refractivity contribution in [2.75, 3.05) is 31.7 Å². The number of hydrogen-bond acceptors (Lipinski definition) is 4. The fraction of sp³-hybridized carbons (Fsp3) is 0.357. The number of rotatable bonds is 3. The number of fused-ring (bicyclic) bond motifs is 1. The molecule has 94 valence electrons. The van der Waals surface area contributed by atoms with E-state index in [9.17, 15) is 0 Å². The van der Waals surface area contributed by atoms with E-state index in [0.29, 0.717) is 5.92 Å². The van der Waals surface area contributed by atoms with Crippen molar-refractivity contribution in [1.29, 1.82) is 0 Å². The predicted octanol–water partition coefficient (Wildman–Crippen LogP) is 1.67. The van der Waals surface area contributed by atoms with Gasteiger partial charge in [-0.15, -0.1) is 0 Å². The molecule has 0 bridgehead atoms. The third kappa shape index (κ3) is 1.78. The van der Waals surface area contributed by atoms with Gasteiger partial charge in [-0.2, -0.15) is 0 Å². The van der Waals surface area contributed by atoms with E-state index in [1.165, 1.54) is 0 Å². The van der Waals surface area contributed by atoms with Crippen LogP contribution in [0.15, 0.2) is 30.5 Å². The highest BCUT2D eigenvalue weighted by atomic mass is 16.5. The van der Waals surface area contributed by atoms with E-state index in [2.05, 4.69) is 9.88 Å². The molecule has 1 aromatic carbocycles. The maximum Gasteiger partial charge on any atom is 0.136 e. The molecule has 2 aromatic rings. The third-order valence-corrected chi connectivity index (χ3v) is 3.47. The third-order valence-electron chi connectivity index (χ3n) is 3.47. The Balaban J connectivity index is 2.01. The normalized spacial score (nSPS) is 15.8. The zero-order valence-electron chi connectivity index (χ0n) is 10.3. The second kappa shape index (κ2) is 4.46. The van der Waals surface area contributed by atoms with Crippen LogP contribution in [0, 0.1) is 5.92 Å². The molecule has 0 radical (unpaired) electrons. The lowest BCUT2D eigenvalue weighted by Gasteiger charge is -2.39. The number of nitrogens with zero attached hydrogens (tertiary/aromatic N) is 2. The quantitative estimate of drug-likeness (QED) is 0.892. The molecule has 2 heterocycles. The molecule has 1 aromatic heterocycles. The number of anilines is 1. The topological polar surface area (TPSA) is 45.6 Å². The van der Waals surface area contributed by atoms with Gasteiger partial charge in [0.25, 0.3) is 0 Å². The van der Waals surface area contributed by atoms with Crippen molar-refractivity contribution >= 4 is 16.6 Å². The fourth-order valence-corrected chi connectivity index (χ4v) is 2.37. The summed E-state index contributed by atoms with van der Waals surface area (Å²) in [5.41, 5.74) is 0. The summed E-state index contributed by atoms with van der Waals surface area (Å²) in [6.45, 7) is 2.00. The predicted molar refractivity (Wildman–Crippen MR) is 71.1 cm³/mol. The van der Waals surface area contributed by atoms with Crippen LogP contribution in [0.25, 0.3) is 10.8 Å². The van der Waals surface area contributed by atoms with Gasteiger partial charge in [-0.1, -0.05) is 6.07 Å². The first-order valence-corrected chi connectivity index (χ1v) is 6.10. The molecule has 0 spiro atoms. The number of aliphatic hydroxyl groups excluding tert-OH is 1. The minimum Gasteiger partial charge on any atom is -0.497 e. The summed E-state index contributed by atoms with van der Waals surface area (Å²) in [4.78, 5) is 6.66. The molecule has 0 amide bonds. The van der Waals surface area contributed by atoms with Crippen LogP contribution in [0.5, 0.6) is 5.75 Å². The zero-order chi connectivity index (χ0) is 12.5. The molecule has 0 atom stereocenters. The van der Waals surface area contributed by atoms with Crippen molar-refractivity contribution in [3.05, 3.63) is 30.5 Å². The summed E-state index contributed by atoms with van der Waals surface area (Å²) < 4.78 is 5.26. The molecule has 18 heavy (non-hydrogen) atoms. The van der Waals surface area contributed by atoms with Crippen LogP contribution in [0.1, 0.15) is 0 Å². The van der Waals surface area contributed by atoms with Crippen molar-refractivity contribution in [3.8, 4) is 5.75 Å². The molecule has 0 unspecified atom stereocenters. The molecule has 0 saturated carbocycles. The van der Waals surface area contributed by atoms with Crippen molar-refractivity contribution in [1.82, 2.24) is 4.98 Å². The van der Waals surface area contributed by atoms with Crippen molar-refractivity contribution in [2.45, 2.75) is 0 Å². The number of aromatic nitrogens is 1. The molecular formula is C14H16N2O2. The molecule has 3 rings (SSSR count). The lowest BCUT2D eigenvalue weighted by Crippen LogP contribution is -2.48. The van der Waals surface area contributed by atoms with E-state index in [1.54, 1.807) is 7.11 Å². The van der Waals surface area contributed by atoms with Gasteiger partial charge in [0, 0.05) is 37.2 Å². The average molecular weight is 244 g/mol. The second-order valence-electron chi connectivity index (χ2n) is 4.68. The molecule has 1 fully saturated rings. The summed E-state index contributed by atoms with van der Waals surface area (Å²) >= 11 is 0. The van der Waals surface area contributed by atoms with Crippen LogP contribution in [0.3, 0.4) is 0 Å². The van der Waals surface area contributed by atoms with Crippen LogP contribution >= 0.6 is 0 Å². The second-order valence-corrected chi connectivity index (χ2v) is 4.68. The molecule has 4 nitrogen and oxygen atoms in total. The van der Waals surface area contributed by atoms with Crippen molar-refractivity contribution in [3.63, 3.8) is 0 Å². The standard InChI is InChI=1S/C14H16N2O2/c1-18-12-3-2-11-4-5-15-14(13(11)6-12)16-7-10(8-16)9-17/h2-6,10,17H,7-9H2,1H3. The number of hydrogen-bond donors (Lipinski definition) is 1. The first-order valence-electron chi connectivity index (χ1n) is 6.10. The van der Waals surface area contributed by atoms with E-state index >= 15 is 0 Å². The highest BCUT2D eigenvalue weighted by Crippen LogP contribution is 2.31. The molecule has 1 aliphatic heterocycles. The first kappa shape index (κ1) is 11.3. The number of benzene rings is 1. The number of ether oxygens (including phenoxy) is 1. The van der Waals surface area contributed by atoms with Gasteiger partial charge in [-0.25, -0.2) is 4.98 Å². The van der Waals surface area contributed by atoms with Crippen LogP contribution in [0.2, 0.25) is 0 Å². The smallest absolute Gasteiger partial charge is 0.136 e.